The first kappa shape index (κ1) is 23.4. The van der Waals surface area contributed by atoms with Crippen LogP contribution in [0.25, 0.3) is 22.3 Å². The number of ether oxygens (including phenoxy) is 1. The first-order valence-electron chi connectivity index (χ1n) is 10.8. The molecule has 0 radical (unpaired) electrons. The van der Waals surface area contributed by atoms with Gasteiger partial charge < -0.3 is 15.0 Å². The van der Waals surface area contributed by atoms with Crippen LogP contribution in [-0.2, 0) is 10.0 Å². The number of halogens is 1. The highest BCUT2D eigenvalue weighted by atomic mass is 35.5. The normalized spacial score (nSPS) is 14.2. The average Bonchev–Trinajstić information content (AvgIpc) is 2.84. The van der Waals surface area contributed by atoms with E-state index >= 15 is 0 Å². The lowest BCUT2D eigenvalue weighted by Gasteiger charge is -2.29. The van der Waals surface area contributed by atoms with Crippen molar-refractivity contribution in [3.63, 3.8) is 0 Å². The number of nitrogens with one attached hydrogen (secondary N) is 2. The number of aromatic nitrogens is 1. The van der Waals surface area contributed by atoms with Crippen LogP contribution in [0.15, 0.2) is 54.7 Å². The lowest BCUT2D eigenvalue weighted by molar-refractivity contribution is 0.415. The van der Waals surface area contributed by atoms with E-state index in [4.69, 9.17) is 16.3 Å². The molecule has 1 aliphatic rings. The number of rotatable bonds is 7. The van der Waals surface area contributed by atoms with Crippen molar-refractivity contribution < 1.29 is 13.2 Å². The number of pyridine rings is 1. The second-order valence-electron chi connectivity index (χ2n) is 7.80. The Bertz CT molecular complexity index is 1230. The Labute approximate surface area is 199 Å². The van der Waals surface area contributed by atoms with Crippen LogP contribution in [0.1, 0.15) is 6.92 Å². The van der Waals surface area contributed by atoms with Crippen molar-refractivity contribution in [3.8, 4) is 28.0 Å². The van der Waals surface area contributed by atoms with E-state index < -0.39 is 10.0 Å². The van der Waals surface area contributed by atoms with Crippen molar-refractivity contribution in [2.45, 2.75) is 6.92 Å². The van der Waals surface area contributed by atoms with Crippen LogP contribution in [0.4, 0.5) is 11.4 Å². The van der Waals surface area contributed by atoms with Gasteiger partial charge in [0.25, 0.3) is 0 Å². The summed E-state index contributed by atoms with van der Waals surface area (Å²) < 4.78 is 32.1. The second-order valence-corrected chi connectivity index (χ2v) is 10.2. The number of nitrogens with zero attached hydrogens (tertiary/aromatic N) is 2. The summed E-state index contributed by atoms with van der Waals surface area (Å²) in [4.78, 5) is 6.75. The Balaban J connectivity index is 1.67. The highest BCUT2D eigenvalue weighted by molar-refractivity contribution is 7.92. The maximum atomic E-state index is 12.1. The summed E-state index contributed by atoms with van der Waals surface area (Å²) >= 11 is 6.45. The van der Waals surface area contributed by atoms with Gasteiger partial charge in [-0.3, -0.25) is 4.72 Å². The third kappa shape index (κ3) is 5.58. The fourth-order valence-corrected chi connectivity index (χ4v) is 4.61. The van der Waals surface area contributed by atoms with E-state index in [-0.39, 0.29) is 5.75 Å². The predicted octanol–water partition coefficient (Wildman–Crippen LogP) is 4.25. The molecule has 2 heterocycles. The highest BCUT2D eigenvalue weighted by Gasteiger charge is 2.14. The molecule has 1 aliphatic heterocycles. The zero-order chi connectivity index (χ0) is 23.4. The topological polar surface area (TPSA) is 83.6 Å². The van der Waals surface area contributed by atoms with Gasteiger partial charge in [-0.05, 0) is 48.4 Å². The third-order valence-corrected chi connectivity index (χ3v) is 7.24. The molecule has 2 aromatic carbocycles. The quantitative estimate of drug-likeness (QED) is 0.486. The van der Waals surface area contributed by atoms with Gasteiger partial charge in [0.2, 0.25) is 10.0 Å². The SMILES string of the molecule is CCS(=O)(=O)Nc1cc(OC)cc(-c2cc(-c3ccc(N4CCNCC4)cc3)cnc2Cl)c1. The summed E-state index contributed by atoms with van der Waals surface area (Å²) in [5.41, 5.74) is 4.95. The number of piperazine rings is 1. The number of hydrogen-bond acceptors (Lipinski definition) is 6. The van der Waals surface area contributed by atoms with Gasteiger partial charge in [0.1, 0.15) is 10.9 Å². The lowest BCUT2D eigenvalue weighted by Crippen LogP contribution is -2.43. The molecule has 1 saturated heterocycles. The Kier molecular flexibility index (Phi) is 7.07. The predicted molar refractivity (Wildman–Crippen MR) is 135 cm³/mol. The summed E-state index contributed by atoms with van der Waals surface area (Å²) in [5.74, 6) is 0.490. The van der Waals surface area contributed by atoms with Gasteiger partial charge in [0.05, 0.1) is 18.6 Å². The smallest absolute Gasteiger partial charge is 0.232 e. The maximum absolute atomic E-state index is 12.1. The molecular weight excluding hydrogens is 460 g/mol. The number of sulfonamides is 1. The van der Waals surface area contributed by atoms with E-state index in [0.29, 0.717) is 27.7 Å². The Morgan fingerprint density at radius 2 is 1.79 bits per heavy atom. The molecule has 174 valence electrons. The number of anilines is 2. The molecule has 0 aliphatic carbocycles. The third-order valence-electron chi connectivity index (χ3n) is 5.63. The molecule has 7 nitrogen and oxygen atoms in total. The molecule has 1 fully saturated rings. The van der Waals surface area contributed by atoms with Crippen LogP contribution in [0.2, 0.25) is 5.15 Å². The molecule has 0 amide bonds. The van der Waals surface area contributed by atoms with E-state index in [1.165, 1.54) is 12.8 Å². The van der Waals surface area contributed by atoms with Gasteiger partial charge in [0, 0.05) is 55.3 Å². The Morgan fingerprint density at radius 1 is 1.06 bits per heavy atom. The van der Waals surface area contributed by atoms with Crippen LogP contribution in [-0.4, -0.2) is 52.4 Å². The van der Waals surface area contributed by atoms with Crippen molar-refractivity contribution >= 4 is 33.0 Å². The molecule has 0 bridgehead atoms. The van der Waals surface area contributed by atoms with E-state index in [9.17, 15) is 8.42 Å². The highest BCUT2D eigenvalue weighted by Crippen LogP contribution is 2.35. The molecule has 4 rings (SSSR count). The van der Waals surface area contributed by atoms with Gasteiger partial charge >= 0.3 is 0 Å². The second kappa shape index (κ2) is 9.99. The zero-order valence-electron chi connectivity index (χ0n) is 18.6. The standard InChI is InChI=1S/C24H27ClN4O3S/c1-3-33(30,31)28-20-12-18(13-22(15-20)32-2)23-14-19(16-27-24(23)25)17-4-6-21(7-5-17)29-10-8-26-9-11-29/h4-7,12-16,26,28H,3,8-11H2,1-2H3. The van der Waals surface area contributed by atoms with E-state index in [2.05, 4.69) is 44.2 Å². The molecular formula is C24H27ClN4O3S. The minimum absolute atomic E-state index is 0.0265. The average molecular weight is 487 g/mol. The molecule has 1 aromatic heterocycles. The van der Waals surface area contributed by atoms with Crippen molar-refractivity contribution in [1.82, 2.24) is 10.3 Å². The first-order valence-corrected chi connectivity index (χ1v) is 12.8. The van der Waals surface area contributed by atoms with Crippen LogP contribution >= 0.6 is 11.6 Å². The van der Waals surface area contributed by atoms with Crippen LogP contribution in [0, 0.1) is 0 Å². The number of benzene rings is 2. The first-order chi connectivity index (χ1) is 15.9. The van der Waals surface area contributed by atoms with Crippen molar-refractivity contribution in [1.29, 1.82) is 0 Å². The number of methoxy groups -OCH3 is 1. The maximum Gasteiger partial charge on any atom is 0.232 e. The molecule has 0 saturated carbocycles. The fourth-order valence-electron chi connectivity index (χ4n) is 3.78. The molecule has 0 atom stereocenters. The molecule has 0 spiro atoms. The largest absolute Gasteiger partial charge is 0.497 e. The molecule has 33 heavy (non-hydrogen) atoms. The number of hydrogen-bond donors (Lipinski definition) is 2. The monoisotopic (exact) mass is 486 g/mol. The minimum atomic E-state index is -3.43. The van der Waals surface area contributed by atoms with Gasteiger partial charge in [-0.25, -0.2) is 13.4 Å². The van der Waals surface area contributed by atoms with E-state index in [0.717, 1.165) is 37.3 Å². The van der Waals surface area contributed by atoms with Crippen molar-refractivity contribution in [2.75, 3.05) is 48.7 Å². The molecule has 0 unspecified atom stereocenters. The minimum Gasteiger partial charge on any atom is -0.497 e. The Morgan fingerprint density at radius 3 is 2.45 bits per heavy atom. The van der Waals surface area contributed by atoms with Crippen LogP contribution in [0.5, 0.6) is 5.75 Å². The Hall–Kier alpha value is -2.81. The van der Waals surface area contributed by atoms with Gasteiger partial charge in [-0.1, -0.05) is 23.7 Å². The van der Waals surface area contributed by atoms with Gasteiger partial charge in [-0.15, -0.1) is 0 Å². The fraction of sp³-hybridized carbons (Fsp3) is 0.292. The lowest BCUT2D eigenvalue weighted by atomic mass is 10.0. The van der Waals surface area contributed by atoms with Crippen LogP contribution in [0.3, 0.4) is 0 Å². The van der Waals surface area contributed by atoms with Crippen molar-refractivity contribution in [3.05, 3.63) is 59.9 Å². The summed E-state index contributed by atoms with van der Waals surface area (Å²) in [5, 5.41) is 3.69. The summed E-state index contributed by atoms with van der Waals surface area (Å²) in [7, 11) is -1.90. The molecule has 2 N–H and O–H groups in total. The zero-order valence-corrected chi connectivity index (χ0v) is 20.2. The van der Waals surface area contributed by atoms with Gasteiger partial charge in [-0.2, -0.15) is 0 Å². The van der Waals surface area contributed by atoms with Gasteiger partial charge in [0.15, 0.2) is 0 Å². The van der Waals surface area contributed by atoms with Crippen LogP contribution < -0.4 is 19.7 Å². The molecule has 3 aromatic rings. The summed E-state index contributed by atoms with van der Waals surface area (Å²) in [6.07, 6.45) is 1.74. The van der Waals surface area contributed by atoms with E-state index in [1.54, 1.807) is 25.3 Å². The molecule has 9 heteroatoms. The summed E-state index contributed by atoms with van der Waals surface area (Å²) in [6, 6.07) is 15.5. The van der Waals surface area contributed by atoms with Crippen molar-refractivity contribution in [2.24, 2.45) is 0 Å². The summed E-state index contributed by atoms with van der Waals surface area (Å²) in [6.45, 7) is 5.55. The van der Waals surface area contributed by atoms with E-state index in [1.807, 2.05) is 12.1 Å².